The van der Waals surface area contributed by atoms with Gasteiger partial charge in [-0.1, -0.05) is 73.5 Å². The molecule has 0 fully saturated rings. The lowest BCUT2D eigenvalue weighted by atomic mass is 9.99. The van der Waals surface area contributed by atoms with Crippen molar-refractivity contribution < 1.29 is 33.8 Å². The minimum absolute atomic E-state index is 0.156. The molecule has 2 rings (SSSR count). The lowest BCUT2D eigenvalue weighted by molar-refractivity contribution is -0.159. The van der Waals surface area contributed by atoms with Gasteiger partial charge in [-0.15, -0.1) is 0 Å². The lowest BCUT2D eigenvalue weighted by Crippen LogP contribution is -2.56. The van der Waals surface area contributed by atoms with Gasteiger partial charge in [0.15, 0.2) is 0 Å². The number of nitrogens with zero attached hydrogens (tertiary/aromatic N) is 1. The van der Waals surface area contributed by atoms with Crippen LogP contribution in [-0.4, -0.2) is 70.3 Å². The Morgan fingerprint density at radius 3 is 1.95 bits per heavy atom. The standard InChI is InChI=1S/C34H49N3O7/c1-9-10-20-37(30(40)27(22-38)36-32(42)44-34(6,7)8)28(25-18-16-23(2)17-19-25)29(39)35-26(31(41)43-33(3,4)5)21-24-14-12-11-13-15-24/h11-19,26-28,38H,9-10,20-22H2,1-8H3,(H,35,39)(H,36,42). The summed E-state index contributed by atoms with van der Waals surface area (Å²) in [6.07, 6.45) is 0.560. The molecule has 0 aromatic heterocycles. The van der Waals surface area contributed by atoms with Crippen LogP contribution in [0.3, 0.4) is 0 Å². The first-order valence-electron chi connectivity index (χ1n) is 15.1. The van der Waals surface area contributed by atoms with E-state index in [2.05, 4.69) is 10.6 Å². The van der Waals surface area contributed by atoms with E-state index in [0.717, 1.165) is 11.1 Å². The van der Waals surface area contributed by atoms with Crippen LogP contribution in [0.1, 0.15) is 84.0 Å². The molecule has 0 heterocycles. The van der Waals surface area contributed by atoms with Gasteiger partial charge < -0.3 is 30.1 Å². The van der Waals surface area contributed by atoms with Gasteiger partial charge in [-0.2, -0.15) is 0 Å². The summed E-state index contributed by atoms with van der Waals surface area (Å²) in [5.74, 6) is -1.87. The summed E-state index contributed by atoms with van der Waals surface area (Å²) in [4.78, 5) is 55.5. The van der Waals surface area contributed by atoms with Crippen LogP contribution in [0, 0.1) is 6.92 Å². The molecular formula is C34H49N3O7. The van der Waals surface area contributed by atoms with E-state index in [1.54, 1.807) is 53.7 Å². The van der Waals surface area contributed by atoms with Crippen molar-refractivity contribution in [3.05, 3.63) is 71.3 Å². The minimum Gasteiger partial charge on any atom is -0.458 e. The second kappa shape index (κ2) is 16.2. The van der Waals surface area contributed by atoms with E-state index in [1.165, 1.54) is 4.90 Å². The number of rotatable bonds is 13. The van der Waals surface area contributed by atoms with Crippen molar-refractivity contribution in [3.63, 3.8) is 0 Å². The molecule has 2 aromatic rings. The number of carbonyl (C=O) groups is 4. The van der Waals surface area contributed by atoms with E-state index < -0.39 is 59.8 Å². The summed E-state index contributed by atoms with van der Waals surface area (Å²) in [7, 11) is 0. The highest BCUT2D eigenvalue weighted by Gasteiger charge is 2.38. The molecule has 0 radical (unpaired) electrons. The predicted molar refractivity (Wildman–Crippen MR) is 169 cm³/mol. The van der Waals surface area contributed by atoms with E-state index >= 15 is 0 Å². The number of esters is 1. The Morgan fingerprint density at radius 1 is 0.841 bits per heavy atom. The Bertz CT molecular complexity index is 1230. The molecule has 0 spiro atoms. The third kappa shape index (κ3) is 12.0. The van der Waals surface area contributed by atoms with Crippen LogP contribution in [0.2, 0.25) is 0 Å². The molecule has 2 aromatic carbocycles. The summed E-state index contributed by atoms with van der Waals surface area (Å²) in [5, 5.41) is 15.5. The van der Waals surface area contributed by atoms with Gasteiger partial charge in [-0.25, -0.2) is 9.59 Å². The smallest absolute Gasteiger partial charge is 0.408 e. The molecule has 0 aliphatic carbocycles. The highest BCUT2D eigenvalue weighted by molar-refractivity contribution is 5.94. The van der Waals surface area contributed by atoms with Crippen molar-refractivity contribution >= 4 is 23.9 Å². The van der Waals surface area contributed by atoms with Gasteiger partial charge in [0, 0.05) is 13.0 Å². The fourth-order valence-corrected chi connectivity index (χ4v) is 4.42. The molecule has 3 amide bonds. The van der Waals surface area contributed by atoms with Crippen LogP contribution in [0.25, 0.3) is 0 Å². The van der Waals surface area contributed by atoms with E-state index in [4.69, 9.17) is 9.47 Å². The third-order valence-corrected chi connectivity index (χ3v) is 6.45. The molecule has 0 aliphatic heterocycles. The molecule has 0 saturated heterocycles. The summed E-state index contributed by atoms with van der Waals surface area (Å²) < 4.78 is 11.0. The Morgan fingerprint density at radius 2 is 1.43 bits per heavy atom. The average Bonchev–Trinajstić information content (AvgIpc) is 2.92. The summed E-state index contributed by atoms with van der Waals surface area (Å²) in [5.41, 5.74) is 0.660. The van der Waals surface area contributed by atoms with Crippen molar-refractivity contribution in [1.82, 2.24) is 15.5 Å². The fourth-order valence-electron chi connectivity index (χ4n) is 4.42. The van der Waals surface area contributed by atoms with Crippen LogP contribution in [0.5, 0.6) is 0 Å². The van der Waals surface area contributed by atoms with Crippen molar-refractivity contribution in [2.24, 2.45) is 0 Å². The zero-order chi connectivity index (χ0) is 33.1. The van der Waals surface area contributed by atoms with Crippen LogP contribution >= 0.6 is 0 Å². The monoisotopic (exact) mass is 611 g/mol. The summed E-state index contributed by atoms with van der Waals surface area (Å²) >= 11 is 0. The molecule has 0 aliphatic rings. The van der Waals surface area contributed by atoms with Crippen LogP contribution in [0.4, 0.5) is 4.79 Å². The number of aliphatic hydroxyl groups is 1. The molecule has 3 N–H and O–H groups in total. The van der Waals surface area contributed by atoms with E-state index in [-0.39, 0.29) is 13.0 Å². The second-order valence-corrected chi connectivity index (χ2v) is 12.9. The number of benzene rings is 2. The van der Waals surface area contributed by atoms with Crippen molar-refractivity contribution in [2.45, 2.75) is 104 Å². The van der Waals surface area contributed by atoms with Gasteiger partial charge in [-0.3, -0.25) is 9.59 Å². The zero-order valence-corrected chi connectivity index (χ0v) is 27.3. The number of hydrogen-bond donors (Lipinski definition) is 3. The molecule has 10 heteroatoms. The lowest BCUT2D eigenvalue weighted by Gasteiger charge is -2.35. The summed E-state index contributed by atoms with van der Waals surface area (Å²) in [6.45, 7) is 13.6. The van der Waals surface area contributed by atoms with Gasteiger partial charge in [0.2, 0.25) is 11.8 Å². The van der Waals surface area contributed by atoms with Crippen LogP contribution in [0.15, 0.2) is 54.6 Å². The Hall–Kier alpha value is -3.92. The van der Waals surface area contributed by atoms with Crippen molar-refractivity contribution in [3.8, 4) is 0 Å². The van der Waals surface area contributed by atoms with Crippen LogP contribution < -0.4 is 10.6 Å². The zero-order valence-electron chi connectivity index (χ0n) is 27.3. The average molecular weight is 612 g/mol. The molecular weight excluding hydrogens is 562 g/mol. The molecule has 10 nitrogen and oxygen atoms in total. The van der Waals surface area contributed by atoms with Gasteiger partial charge >= 0.3 is 12.1 Å². The first kappa shape index (κ1) is 36.3. The number of ether oxygens (including phenoxy) is 2. The molecule has 242 valence electrons. The number of hydrogen-bond acceptors (Lipinski definition) is 7. The quantitative estimate of drug-likeness (QED) is 0.282. The first-order valence-corrected chi connectivity index (χ1v) is 15.1. The molecule has 44 heavy (non-hydrogen) atoms. The Kier molecular flexibility index (Phi) is 13.4. The van der Waals surface area contributed by atoms with Gasteiger partial charge in [0.1, 0.15) is 29.3 Å². The molecule has 0 saturated carbocycles. The number of carbonyl (C=O) groups excluding carboxylic acids is 4. The maximum absolute atomic E-state index is 14.2. The second-order valence-electron chi connectivity index (χ2n) is 12.9. The number of nitrogens with one attached hydrogen (secondary N) is 2. The highest BCUT2D eigenvalue weighted by Crippen LogP contribution is 2.25. The molecule has 3 unspecified atom stereocenters. The maximum Gasteiger partial charge on any atom is 0.408 e. The number of unbranched alkanes of at least 4 members (excludes halogenated alkanes) is 1. The number of aliphatic hydroxyl groups excluding tert-OH is 1. The highest BCUT2D eigenvalue weighted by atomic mass is 16.6. The third-order valence-electron chi connectivity index (χ3n) is 6.45. The number of amides is 3. The number of aryl methyl sites for hydroxylation is 1. The van der Waals surface area contributed by atoms with Gasteiger partial charge in [-0.05, 0) is 66.0 Å². The van der Waals surface area contributed by atoms with E-state index in [0.29, 0.717) is 18.4 Å². The topological polar surface area (TPSA) is 134 Å². The molecule has 3 atom stereocenters. The summed E-state index contributed by atoms with van der Waals surface area (Å²) in [6, 6.07) is 12.8. The van der Waals surface area contributed by atoms with Crippen molar-refractivity contribution in [2.75, 3.05) is 13.2 Å². The SMILES string of the molecule is CCCCN(C(=O)C(CO)NC(=O)OC(C)(C)C)C(C(=O)NC(Cc1ccccc1)C(=O)OC(C)(C)C)c1ccc(C)cc1. The Balaban J connectivity index is 2.54. The largest absolute Gasteiger partial charge is 0.458 e. The van der Waals surface area contributed by atoms with Gasteiger partial charge in [0.25, 0.3) is 0 Å². The number of alkyl carbamates (subject to hydrolysis) is 1. The van der Waals surface area contributed by atoms with Crippen molar-refractivity contribution in [1.29, 1.82) is 0 Å². The molecule has 0 bridgehead atoms. The normalized spacial score (nSPS) is 13.7. The van der Waals surface area contributed by atoms with Crippen LogP contribution in [-0.2, 0) is 30.3 Å². The van der Waals surface area contributed by atoms with E-state index in [9.17, 15) is 24.3 Å². The minimum atomic E-state index is -1.37. The predicted octanol–water partition coefficient (Wildman–Crippen LogP) is 4.62. The fraction of sp³-hybridized carbons (Fsp3) is 0.529. The first-order chi connectivity index (χ1) is 20.5. The van der Waals surface area contributed by atoms with E-state index in [1.807, 2.05) is 56.3 Å². The Labute approximate surface area is 261 Å². The maximum atomic E-state index is 14.2. The van der Waals surface area contributed by atoms with Gasteiger partial charge in [0.05, 0.1) is 6.61 Å².